The highest BCUT2D eigenvalue weighted by atomic mass is 19.4. The molecule has 0 aliphatic rings. The van der Waals surface area contributed by atoms with Gasteiger partial charge in [0, 0.05) is 16.6 Å². The summed E-state index contributed by atoms with van der Waals surface area (Å²) in [6.07, 6.45) is -3.21. The average Bonchev–Trinajstić information content (AvgIpc) is 2.54. The van der Waals surface area contributed by atoms with Crippen LogP contribution >= 0.6 is 0 Å². The smallest absolute Gasteiger partial charge is 0.298 e. The molecule has 2 nitrogen and oxygen atoms in total. The van der Waals surface area contributed by atoms with Gasteiger partial charge in [-0.2, -0.15) is 13.2 Å². The predicted octanol–water partition coefficient (Wildman–Crippen LogP) is 4.97. The molecule has 122 valence electrons. The zero-order chi connectivity index (χ0) is 17.3. The Bertz CT molecular complexity index is 899. The SMILES string of the molecule is Cc1cc(Cc2ccc(C=O)cc2)c2cccc(C(F)(F)F)c2n1. The maximum Gasteiger partial charge on any atom is 0.418 e. The van der Waals surface area contributed by atoms with Crippen molar-refractivity contribution in [1.29, 1.82) is 0 Å². The number of carbonyl (C=O) groups excluding carboxylic acids is 1. The van der Waals surface area contributed by atoms with Crippen LogP contribution in [-0.4, -0.2) is 11.3 Å². The number of aryl methyl sites for hydroxylation is 1. The van der Waals surface area contributed by atoms with Gasteiger partial charge in [0.1, 0.15) is 6.29 Å². The van der Waals surface area contributed by atoms with Gasteiger partial charge in [-0.05, 0) is 36.6 Å². The molecule has 0 saturated heterocycles. The molecule has 2 aromatic carbocycles. The van der Waals surface area contributed by atoms with Gasteiger partial charge in [-0.3, -0.25) is 9.78 Å². The van der Waals surface area contributed by atoms with Crippen molar-refractivity contribution >= 4 is 17.2 Å². The highest BCUT2D eigenvalue weighted by Gasteiger charge is 2.33. The van der Waals surface area contributed by atoms with Crippen molar-refractivity contribution in [3.8, 4) is 0 Å². The van der Waals surface area contributed by atoms with E-state index in [-0.39, 0.29) is 5.52 Å². The van der Waals surface area contributed by atoms with Crippen LogP contribution in [0.25, 0.3) is 10.9 Å². The molecule has 3 aromatic rings. The Balaban J connectivity index is 2.12. The van der Waals surface area contributed by atoms with E-state index < -0.39 is 11.7 Å². The minimum absolute atomic E-state index is 0.0236. The number of benzene rings is 2. The quantitative estimate of drug-likeness (QED) is 0.635. The molecule has 0 atom stereocenters. The maximum atomic E-state index is 13.2. The molecule has 0 unspecified atom stereocenters. The minimum Gasteiger partial charge on any atom is -0.298 e. The molecule has 24 heavy (non-hydrogen) atoms. The topological polar surface area (TPSA) is 30.0 Å². The third-order valence-corrected chi connectivity index (χ3v) is 3.87. The summed E-state index contributed by atoms with van der Waals surface area (Å²) in [6.45, 7) is 1.69. The van der Waals surface area contributed by atoms with E-state index in [9.17, 15) is 18.0 Å². The van der Waals surface area contributed by atoms with Crippen LogP contribution in [0.3, 0.4) is 0 Å². The van der Waals surface area contributed by atoms with Gasteiger partial charge in [0.05, 0.1) is 11.1 Å². The molecule has 0 N–H and O–H groups in total. The Kier molecular flexibility index (Phi) is 4.09. The standard InChI is InChI=1S/C19H14F3NO/c1-12-9-15(10-13-5-7-14(11-24)8-6-13)16-3-2-4-17(18(16)23-12)19(20,21)22/h2-9,11H,10H2,1H3. The van der Waals surface area contributed by atoms with E-state index >= 15 is 0 Å². The fraction of sp³-hybridized carbons (Fsp3) is 0.158. The first-order valence-corrected chi connectivity index (χ1v) is 7.39. The summed E-state index contributed by atoms with van der Waals surface area (Å²) >= 11 is 0. The molecule has 1 aromatic heterocycles. The second kappa shape index (κ2) is 6.07. The highest BCUT2D eigenvalue weighted by Crippen LogP contribution is 2.35. The van der Waals surface area contributed by atoms with Crippen molar-refractivity contribution in [2.75, 3.05) is 0 Å². The van der Waals surface area contributed by atoms with Crippen molar-refractivity contribution in [3.63, 3.8) is 0 Å². The first-order valence-electron chi connectivity index (χ1n) is 7.39. The van der Waals surface area contributed by atoms with E-state index in [1.165, 1.54) is 6.07 Å². The number of aldehydes is 1. The summed E-state index contributed by atoms with van der Waals surface area (Å²) in [5.74, 6) is 0. The van der Waals surface area contributed by atoms with Crippen LogP contribution in [0.2, 0.25) is 0 Å². The zero-order valence-corrected chi connectivity index (χ0v) is 12.9. The van der Waals surface area contributed by atoms with Gasteiger partial charge in [-0.15, -0.1) is 0 Å². The van der Waals surface area contributed by atoms with Gasteiger partial charge in [0.25, 0.3) is 0 Å². The number of nitrogens with zero attached hydrogens (tertiary/aromatic N) is 1. The maximum absolute atomic E-state index is 13.2. The van der Waals surface area contributed by atoms with E-state index in [4.69, 9.17) is 0 Å². The van der Waals surface area contributed by atoms with E-state index in [1.54, 1.807) is 43.3 Å². The van der Waals surface area contributed by atoms with E-state index in [1.807, 2.05) is 0 Å². The molecule has 0 bridgehead atoms. The van der Waals surface area contributed by atoms with Gasteiger partial charge >= 0.3 is 6.18 Å². The normalized spacial score (nSPS) is 11.7. The van der Waals surface area contributed by atoms with E-state index in [0.29, 0.717) is 23.1 Å². The Hall–Kier alpha value is -2.69. The summed E-state index contributed by atoms with van der Waals surface area (Å²) in [5, 5.41) is 0.495. The van der Waals surface area contributed by atoms with Gasteiger partial charge in [0.15, 0.2) is 0 Å². The fourth-order valence-corrected chi connectivity index (χ4v) is 2.77. The van der Waals surface area contributed by atoms with Crippen LogP contribution < -0.4 is 0 Å². The molecule has 3 rings (SSSR count). The van der Waals surface area contributed by atoms with Crippen LogP contribution in [0, 0.1) is 6.92 Å². The van der Waals surface area contributed by atoms with Crippen molar-refractivity contribution < 1.29 is 18.0 Å². The first kappa shape index (κ1) is 16.2. The molecule has 0 radical (unpaired) electrons. The Labute approximate surface area is 137 Å². The highest BCUT2D eigenvalue weighted by molar-refractivity contribution is 5.86. The van der Waals surface area contributed by atoms with Gasteiger partial charge in [-0.25, -0.2) is 0 Å². The molecular weight excluding hydrogens is 315 g/mol. The number of hydrogen-bond donors (Lipinski definition) is 0. The third kappa shape index (κ3) is 3.15. The van der Waals surface area contributed by atoms with Crippen LogP contribution in [0.5, 0.6) is 0 Å². The summed E-state index contributed by atoms with van der Waals surface area (Å²) in [5.41, 5.74) is 2.06. The Morgan fingerprint density at radius 1 is 1.08 bits per heavy atom. The number of alkyl halides is 3. The number of hydrogen-bond acceptors (Lipinski definition) is 2. The van der Waals surface area contributed by atoms with Crippen molar-refractivity contribution in [1.82, 2.24) is 4.98 Å². The van der Waals surface area contributed by atoms with Crippen LogP contribution in [0.1, 0.15) is 32.7 Å². The molecule has 0 aliphatic carbocycles. The monoisotopic (exact) mass is 329 g/mol. The first-order chi connectivity index (χ1) is 11.4. The van der Waals surface area contributed by atoms with Crippen LogP contribution in [-0.2, 0) is 12.6 Å². The van der Waals surface area contributed by atoms with Crippen LogP contribution in [0.15, 0.2) is 48.5 Å². The van der Waals surface area contributed by atoms with Gasteiger partial charge in [0.2, 0.25) is 0 Å². The Morgan fingerprint density at radius 3 is 2.42 bits per heavy atom. The van der Waals surface area contributed by atoms with E-state index in [2.05, 4.69) is 4.98 Å². The number of para-hydroxylation sites is 1. The Morgan fingerprint density at radius 2 is 1.79 bits per heavy atom. The molecular formula is C19H14F3NO. The lowest BCUT2D eigenvalue weighted by molar-refractivity contribution is -0.136. The summed E-state index contributed by atoms with van der Waals surface area (Å²) in [7, 11) is 0. The lowest BCUT2D eigenvalue weighted by Crippen LogP contribution is -2.07. The second-order valence-corrected chi connectivity index (χ2v) is 5.66. The molecule has 5 heteroatoms. The number of halogens is 3. The lowest BCUT2D eigenvalue weighted by Gasteiger charge is -2.13. The minimum atomic E-state index is -4.44. The molecule has 0 fully saturated rings. The number of aromatic nitrogens is 1. The number of fused-ring (bicyclic) bond motifs is 1. The number of carbonyl (C=O) groups is 1. The average molecular weight is 329 g/mol. The third-order valence-electron chi connectivity index (χ3n) is 3.87. The number of pyridine rings is 1. The van der Waals surface area contributed by atoms with Crippen molar-refractivity contribution in [3.05, 3.63) is 76.5 Å². The number of rotatable bonds is 3. The summed E-state index contributed by atoms with van der Waals surface area (Å²) < 4.78 is 39.7. The largest absolute Gasteiger partial charge is 0.418 e. The van der Waals surface area contributed by atoms with Crippen molar-refractivity contribution in [2.24, 2.45) is 0 Å². The molecule has 0 amide bonds. The van der Waals surface area contributed by atoms with E-state index in [0.717, 1.165) is 23.5 Å². The molecule has 0 spiro atoms. The lowest BCUT2D eigenvalue weighted by atomic mass is 9.98. The van der Waals surface area contributed by atoms with Gasteiger partial charge in [-0.1, -0.05) is 36.4 Å². The summed E-state index contributed by atoms with van der Waals surface area (Å²) in [4.78, 5) is 14.8. The van der Waals surface area contributed by atoms with Crippen molar-refractivity contribution in [2.45, 2.75) is 19.5 Å². The summed E-state index contributed by atoms with van der Waals surface area (Å²) in [6, 6.07) is 12.9. The fourth-order valence-electron chi connectivity index (χ4n) is 2.77. The molecule has 0 aliphatic heterocycles. The second-order valence-electron chi connectivity index (χ2n) is 5.66. The zero-order valence-electron chi connectivity index (χ0n) is 12.9. The van der Waals surface area contributed by atoms with Crippen LogP contribution in [0.4, 0.5) is 13.2 Å². The molecule has 1 heterocycles. The predicted molar refractivity (Wildman–Crippen MR) is 86.1 cm³/mol. The molecule has 0 saturated carbocycles. The van der Waals surface area contributed by atoms with Gasteiger partial charge < -0.3 is 0 Å².